The molecule has 202 valence electrons. The van der Waals surface area contributed by atoms with Crippen molar-refractivity contribution in [3.8, 4) is 0 Å². The van der Waals surface area contributed by atoms with Crippen LogP contribution in [-0.2, 0) is 16.9 Å². The molecule has 2 heterocycles. The number of hydrogen-bond acceptors (Lipinski definition) is 4. The summed E-state index contributed by atoms with van der Waals surface area (Å²) in [5.74, 6) is -0.493. The van der Waals surface area contributed by atoms with Gasteiger partial charge in [0, 0.05) is 40.1 Å². The Bertz CT molecular complexity index is 1480. The average Bonchev–Trinajstić information content (AvgIpc) is 3.19. The van der Waals surface area contributed by atoms with Crippen LogP contribution in [0.25, 0.3) is 10.9 Å². The lowest BCUT2D eigenvalue weighted by atomic mass is 9.68. The lowest BCUT2D eigenvalue weighted by Crippen LogP contribution is -2.51. The van der Waals surface area contributed by atoms with Gasteiger partial charge in [-0.2, -0.15) is 0 Å². The van der Waals surface area contributed by atoms with Crippen LogP contribution in [0.15, 0.2) is 85.1 Å². The Morgan fingerprint density at radius 1 is 1.00 bits per heavy atom. The lowest BCUT2D eigenvalue weighted by Gasteiger charge is -2.39. The number of hydrogen-bond donors (Lipinski definition) is 3. The number of nitrogens with zero attached hydrogens (tertiary/aromatic N) is 1. The van der Waals surface area contributed by atoms with Crippen molar-refractivity contribution in [3.63, 3.8) is 0 Å². The van der Waals surface area contributed by atoms with E-state index in [0.717, 1.165) is 34.0 Å². The Morgan fingerprint density at radius 2 is 1.74 bits per heavy atom. The summed E-state index contributed by atoms with van der Waals surface area (Å²) in [4.78, 5) is 18.5. The molecule has 0 radical (unpaired) electrons. The molecule has 4 N–H and O–H groups in total. The molecule has 0 aliphatic carbocycles. The minimum Gasteiger partial charge on any atom is -0.351 e. The van der Waals surface area contributed by atoms with Gasteiger partial charge in [-0.15, -0.1) is 0 Å². The number of carbonyl (C=O) groups is 1. The van der Waals surface area contributed by atoms with Gasteiger partial charge in [-0.1, -0.05) is 86.4 Å². The second-order valence-electron chi connectivity index (χ2n) is 11.7. The number of halogens is 2. The fraction of sp³-hybridized carbons (Fsp3) is 0.312. The monoisotopic (exact) mass is 560 g/mol. The number of nitrogens with one attached hydrogen (secondary N) is 2. The standard InChI is InChI=1S/C32H34Cl2N4O/c1-31(2,3)17-27-32(35,23-11-13-24(33)14-12-23)28(22-8-6-9-25(34)16-22)29(38-27)30(39)37-19-20-15-21-7-4-5-10-26(21)36-18-20/h4-16,18,27-29,38H,17,19,35H2,1-3H3,(H,37,39)/t27-,28-,29+,32+/m0/s1. The van der Waals surface area contributed by atoms with Crippen LogP contribution in [0.5, 0.6) is 0 Å². The third-order valence-electron chi connectivity index (χ3n) is 7.57. The first-order valence-electron chi connectivity index (χ1n) is 13.2. The van der Waals surface area contributed by atoms with Crippen molar-refractivity contribution in [2.24, 2.45) is 11.1 Å². The first-order valence-corrected chi connectivity index (χ1v) is 14.0. The lowest BCUT2D eigenvalue weighted by molar-refractivity contribution is -0.123. The molecule has 39 heavy (non-hydrogen) atoms. The quantitative estimate of drug-likeness (QED) is 0.249. The summed E-state index contributed by atoms with van der Waals surface area (Å²) >= 11 is 12.7. The van der Waals surface area contributed by atoms with Crippen molar-refractivity contribution in [1.29, 1.82) is 0 Å². The Labute approximate surface area is 240 Å². The number of para-hydroxylation sites is 1. The zero-order valence-corrected chi connectivity index (χ0v) is 23.9. The van der Waals surface area contributed by atoms with Crippen molar-refractivity contribution in [3.05, 3.63) is 112 Å². The highest BCUT2D eigenvalue weighted by Crippen LogP contribution is 2.48. The number of pyridine rings is 1. The highest BCUT2D eigenvalue weighted by atomic mass is 35.5. The summed E-state index contributed by atoms with van der Waals surface area (Å²) in [6, 6.07) is 24.6. The van der Waals surface area contributed by atoms with Crippen LogP contribution in [0.2, 0.25) is 10.0 Å². The van der Waals surface area contributed by atoms with Gasteiger partial charge in [-0.25, -0.2) is 0 Å². The van der Waals surface area contributed by atoms with E-state index in [0.29, 0.717) is 16.6 Å². The second kappa shape index (κ2) is 10.9. The SMILES string of the molecule is CC(C)(C)C[C@@H]1N[C@@H](C(=O)NCc2cnc3ccccc3c2)[C@H](c2cccc(Cl)c2)[C@@]1(N)c1ccc(Cl)cc1. The summed E-state index contributed by atoms with van der Waals surface area (Å²) in [5, 5.41) is 9.08. The van der Waals surface area contributed by atoms with E-state index in [-0.39, 0.29) is 23.3 Å². The Balaban J connectivity index is 1.52. The molecular weight excluding hydrogens is 527 g/mol. The van der Waals surface area contributed by atoms with Gasteiger partial charge in [0.25, 0.3) is 0 Å². The summed E-state index contributed by atoms with van der Waals surface area (Å²) in [7, 11) is 0. The highest BCUT2D eigenvalue weighted by Gasteiger charge is 2.56. The number of fused-ring (bicyclic) bond motifs is 1. The largest absolute Gasteiger partial charge is 0.351 e. The van der Waals surface area contributed by atoms with Crippen molar-refractivity contribution in [2.75, 3.05) is 0 Å². The number of benzene rings is 3. The molecule has 5 rings (SSSR count). The number of rotatable bonds is 6. The van der Waals surface area contributed by atoms with Crippen LogP contribution in [0, 0.1) is 5.41 Å². The summed E-state index contributed by atoms with van der Waals surface area (Å²) in [6.07, 6.45) is 2.57. The predicted molar refractivity (Wildman–Crippen MR) is 160 cm³/mol. The third kappa shape index (κ3) is 5.82. The van der Waals surface area contributed by atoms with Crippen molar-refractivity contribution in [1.82, 2.24) is 15.6 Å². The van der Waals surface area contributed by atoms with E-state index >= 15 is 0 Å². The zero-order chi connectivity index (χ0) is 27.8. The van der Waals surface area contributed by atoms with Crippen LogP contribution in [-0.4, -0.2) is 23.0 Å². The van der Waals surface area contributed by atoms with Gasteiger partial charge >= 0.3 is 0 Å². The molecule has 1 fully saturated rings. The summed E-state index contributed by atoms with van der Waals surface area (Å²) < 4.78 is 0. The molecule has 5 nitrogen and oxygen atoms in total. The smallest absolute Gasteiger partial charge is 0.238 e. The minimum absolute atomic E-state index is 0.0320. The Kier molecular flexibility index (Phi) is 7.71. The van der Waals surface area contributed by atoms with Crippen LogP contribution >= 0.6 is 23.2 Å². The molecule has 3 aromatic carbocycles. The van der Waals surface area contributed by atoms with Gasteiger partial charge in [0.2, 0.25) is 5.91 Å². The van der Waals surface area contributed by atoms with Crippen LogP contribution in [0.1, 0.15) is 49.8 Å². The van der Waals surface area contributed by atoms with Crippen molar-refractivity contribution in [2.45, 2.75) is 57.3 Å². The molecular formula is C32H34Cl2N4O. The fourth-order valence-corrected chi connectivity index (χ4v) is 6.14. The van der Waals surface area contributed by atoms with E-state index in [9.17, 15) is 4.79 Å². The van der Waals surface area contributed by atoms with Gasteiger partial charge in [-0.3, -0.25) is 9.78 Å². The molecule has 0 spiro atoms. The van der Waals surface area contributed by atoms with Crippen LogP contribution in [0.4, 0.5) is 0 Å². The molecule has 0 unspecified atom stereocenters. The van der Waals surface area contributed by atoms with E-state index in [2.05, 4.69) is 42.5 Å². The van der Waals surface area contributed by atoms with E-state index < -0.39 is 11.6 Å². The zero-order valence-electron chi connectivity index (χ0n) is 22.4. The Hall–Kier alpha value is -2.96. The molecule has 1 saturated heterocycles. The molecule has 7 heteroatoms. The summed E-state index contributed by atoms with van der Waals surface area (Å²) in [6.45, 7) is 6.92. The van der Waals surface area contributed by atoms with E-state index in [1.165, 1.54) is 0 Å². The van der Waals surface area contributed by atoms with Crippen LogP contribution < -0.4 is 16.4 Å². The van der Waals surface area contributed by atoms with Gasteiger partial charge in [0.15, 0.2) is 0 Å². The van der Waals surface area contributed by atoms with E-state index in [1.54, 1.807) is 0 Å². The topological polar surface area (TPSA) is 80.0 Å². The first-order chi connectivity index (χ1) is 18.5. The molecule has 4 aromatic rings. The number of amides is 1. The van der Waals surface area contributed by atoms with Gasteiger partial charge < -0.3 is 16.4 Å². The number of carbonyl (C=O) groups excluding carboxylic acids is 1. The average molecular weight is 562 g/mol. The minimum atomic E-state index is -0.894. The highest BCUT2D eigenvalue weighted by molar-refractivity contribution is 6.30. The van der Waals surface area contributed by atoms with Crippen LogP contribution in [0.3, 0.4) is 0 Å². The third-order valence-corrected chi connectivity index (χ3v) is 8.06. The number of nitrogens with two attached hydrogens (primary N) is 1. The number of aromatic nitrogens is 1. The van der Waals surface area contributed by atoms with Gasteiger partial charge in [0.1, 0.15) is 0 Å². The summed E-state index contributed by atoms with van der Waals surface area (Å²) in [5.41, 5.74) is 10.2. The van der Waals surface area contributed by atoms with E-state index in [1.807, 2.05) is 79.0 Å². The van der Waals surface area contributed by atoms with Crippen molar-refractivity contribution < 1.29 is 4.79 Å². The molecule has 1 aliphatic heterocycles. The normalized spacial score (nSPS) is 23.2. The molecule has 0 bridgehead atoms. The maximum absolute atomic E-state index is 13.9. The predicted octanol–water partition coefficient (Wildman–Crippen LogP) is 6.57. The Morgan fingerprint density at radius 3 is 2.46 bits per heavy atom. The maximum Gasteiger partial charge on any atom is 0.238 e. The first kappa shape index (κ1) is 27.6. The molecule has 1 amide bonds. The van der Waals surface area contributed by atoms with E-state index in [4.69, 9.17) is 28.9 Å². The maximum atomic E-state index is 13.9. The molecule has 4 atom stereocenters. The van der Waals surface area contributed by atoms with Gasteiger partial charge in [0.05, 0.1) is 17.1 Å². The molecule has 1 aliphatic rings. The molecule has 1 aromatic heterocycles. The second-order valence-corrected chi connectivity index (χ2v) is 12.6. The molecule has 0 saturated carbocycles. The fourth-order valence-electron chi connectivity index (χ4n) is 5.81. The van der Waals surface area contributed by atoms with Gasteiger partial charge in [-0.05, 0) is 64.9 Å². The van der Waals surface area contributed by atoms with Crippen molar-refractivity contribution >= 4 is 40.0 Å².